The lowest BCUT2D eigenvalue weighted by Gasteiger charge is -2.25. The lowest BCUT2D eigenvalue weighted by Crippen LogP contribution is -2.36. The standard InChI is InChI=1S/C12H18N8S/c13-10-16-11(15-2-3-19-5-7-21-8-6-19)18-12(17-10)20-4-1-14-9-20/h1,4,9H,2-3,5-8H2,(H3,13,15,16,17,18). The molecule has 1 aliphatic heterocycles. The Balaban J connectivity index is 1.60. The van der Waals surface area contributed by atoms with Crippen LogP contribution < -0.4 is 11.1 Å². The highest BCUT2D eigenvalue weighted by molar-refractivity contribution is 7.99. The predicted octanol–water partition coefficient (Wildman–Crippen LogP) is 0.100. The molecule has 0 radical (unpaired) electrons. The summed E-state index contributed by atoms with van der Waals surface area (Å²) in [5.74, 6) is 3.59. The first-order chi connectivity index (χ1) is 10.3. The van der Waals surface area contributed by atoms with Crippen LogP contribution in [0.2, 0.25) is 0 Å². The van der Waals surface area contributed by atoms with Crippen LogP contribution in [-0.4, -0.2) is 67.1 Å². The van der Waals surface area contributed by atoms with E-state index >= 15 is 0 Å². The van der Waals surface area contributed by atoms with Crippen LogP contribution >= 0.6 is 11.8 Å². The van der Waals surface area contributed by atoms with Gasteiger partial charge in [-0.05, 0) is 0 Å². The van der Waals surface area contributed by atoms with E-state index in [2.05, 4.69) is 30.2 Å². The van der Waals surface area contributed by atoms with Crippen molar-refractivity contribution >= 4 is 23.7 Å². The summed E-state index contributed by atoms with van der Waals surface area (Å²) >= 11 is 2.01. The van der Waals surface area contributed by atoms with Gasteiger partial charge in [0.2, 0.25) is 17.8 Å². The van der Waals surface area contributed by atoms with Gasteiger partial charge in [0.05, 0.1) is 0 Å². The quantitative estimate of drug-likeness (QED) is 0.802. The number of thioether (sulfide) groups is 1. The third-order valence-electron chi connectivity index (χ3n) is 3.19. The van der Waals surface area contributed by atoms with Crippen molar-refractivity contribution in [2.45, 2.75) is 0 Å². The van der Waals surface area contributed by atoms with Gasteiger partial charge in [-0.2, -0.15) is 26.7 Å². The monoisotopic (exact) mass is 306 g/mol. The van der Waals surface area contributed by atoms with Crippen LogP contribution in [0.5, 0.6) is 0 Å². The second kappa shape index (κ2) is 6.72. The summed E-state index contributed by atoms with van der Waals surface area (Å²) in [5.41, 5.74) is 5.73. The molecule has 3 heterocycles. The van der Waals surface area contributed by atoms with Crippen LogP contribution in [0.1, 0.15) is 0 Å². The summed E-state index contributed by atoms with van der Waals surface area (Å²) in [6.07, 6.45) is 5.06. The first-order valence-corrected chi connectivity index (χ1v) is 8.00. The number of nitrogen functional groups attached to an aromatic ring is 1. The molecule has 0 amide bonds. The molecule has 2 aromatic rings. The minimum Gasteiger partial charge on any atom is -0.368 e. The van der Waals surface area contributed by atoms with E-state index in [4.69, 9.17) is 5.73 Å². The van der Waals surface area contributed by atoms with Gasteiger partial charge in [0.25, 0.3) is 0 Å². The molecule has 0 bridgehead atoms. The van der Waals surface area contributed by atoms with E-state index in [9.17, 15) is 0 Å². The van der Waals surface area contributed by atoms with Crippen molar-refractivity contribution in [1.82, 2.24) is 29.4 Å². The van der Waals surface area contributed by atoms with Gasteiger partial charge in [0, 0.05) is 50.1 Å². The van der Waals surface area contributed by atoms with Crippen LogP contribution in [0.3, 0.4) is 0 Å². The van der Waals surface area contributed by atoms with E-state index in [1.165, 1.54) is 11.5 Å². The summed E-state index contributed by atoms with van der Waals surface area (Å²) in [5, 5.41) is 3.21. The van der Waals surface area contributed by atoms with Gasteiger partial charge in [-0.25, -0.2) is 4.98 Å². The number of imidazole rings is 1. The molecule has 0 spiro atoms. The number of anilines is 2. The lowest BCUT2D eigenvalue weighted by atomic mass is 10.4. The molecule has 1 aliphatic rings. The molecule has 112 valence electrons. The van der Waals surface area contributed by atoms with Gasteiger partial charge in [-0.15, -0.1) is 0 Å². The normalized spacial score (nSPS) is 16.0. The fourth-order valence-corrected chi connectivity index (χ4v) is 3.08. The molecular weight excluding hydrogens is 288 g/mol. The Labute approximate surface area is 127 Å². The molecule has 2 aromatic heterocycles. The minimum atomic E-state index is 0.200. The number of nitrogens with two attached hydrogens (primary N) is 1. The summed E-state index contributed by atoms with van der Waals surface area (Å²) in [6.45, 7) is 4.06. The molecule has 1 saturated heterocycles. The van der Waals surface area contributed by atoms with Gasteiger partial charge >= 0.3 is 0 Å². The first kappa shape index (κ1) is 14.1. The minimum absolute atomic E-state index is 0.200. The van der Waals surface area contributed by atoms with Gasteiger partial charge in [0.1, 0.15) is 6.33 Å². The van der Waals surface area contributed by atoms with Crippen molar-refractivity contribution in [3.8, 4) is 5.95 Å². The van der Waals surface area contributed by atoms with Crippen molar-refractivity contribution in [1.29, 1.82) is 0 Å². The van der Waals surface area contributed by atoms with E-state index in [1.807, 2.05) is 11.8 Å². The Hall–Kier alpha value is -1.87. The van der Waals surface area contributed by atoms with Crippen molar-refractivity contribution in [3.05, 3.63) is 18.7 Å². The molecule has 3 rings (SSSR count). The third-order valence-corrected chi connectivity index (χ3v) is 4.13. The molecule has 0 saturated carbocycles. The molecule has 21 heavy (non-hydrogen) atoms. The summed E-state index contributed by atoms with van der Waals surface area (Å²) < 4.78 is 1.70. The zero-order valence-electron chi connectivity index (χ0n) is 11.6. The summed E-state index contributed by atoms with van der Waals surface area (Å²) in [4.78, 5) is 19.0. The molecule has 0 aliphatic carbocycles. The molecular formula is C12H18N8S. The average Bonchev–Trinajstić information content (AvgIpc) is 3.02. The van der Waals surface area contributed by atoms with E-state index < -0.39 is 0 Å². The first-order valence-electron chi connectivity index (χ1n) is 6.85. The SMILES string of the molecule is Nc1nc(NCCN2CCSCC2)nc(-n2ccnc2)n1. The fourth-order valence-electron chi connectivity index (χ4n) is 2.10. The number of nitrogens with one attached hydrogen (secondary N) is 1. The van der Waals surface area contributed by atoms with Crippen molar-refractivity contribution < 1.29 is 0 Å². The number of hydrogen-bond acceptors (Lipinski definition) is 8. The molecule has 8 nitrogen and oxygen atoms in total. The largest absolute Gasteiger partial charge is 0.368 e. The Morgan fingerprint density at radius 1 is 1.24 bits per heavy atom. The zero-order chi connectivity index (χ0) is 14.5. The van der Waals surface area contributed by atoms with Gasteiger partial charge < -0.3 is 11.1 Å². The summed E-state index contributed by atoms with van der Waals surface area (Å²) in [7, 11) is 0. The van der Waals surface area contributed by atoms with Crippen LogP contribution in [-0.2, 0) is 0 Å². The highest BCUT2D eigenvalue weighted by atomic mass is 32.2. The van der Waals surface area contributed by atoms with Crippen molar-refractivity contribution in [2.24, 2.45) is 0 Å². The highest BCUT2D eigenvalue weighted by Gasteiger charge is 2.10. The number of aromatic nitrogens is 5. The molecule has 3 N–H and O–H groups in total. The fraction of sp³-hybridized carbons (Fsp3) is 0.500. The maximum absolute atomic E-state index is 5.73. The Morgan fingerprint density at radius 3 is 2.86 bits per heavy atom. The second-order valence-electron chi connectivity index (χ2n) is 4.67. The highest BCUT2D eigenvalue weighted by Crippen LogP contribution is 2.09. The topological polar surface area (TPSA) is 97.8 Å². The molecule has 0 unspecified atom stereocenters. The third kappa shape index (κ3) is 3.82. The zero-order valence-corrected chi connectivity index (χ0v) is 12.5. The average molecular weight is 306 g/mol. The van der Waals surface area contributed by atoms with Crippen LogP contribution in [0, 0.1) is 0 Å². The lowest BCUT2D eigenvalue weighted by molar-refractivity contribution is 0.314. The van der Waals surface area contributed by atoms with E-state index in [0.717, 1.165) is 26.2 Å². The summed E-state index contributed by atoms with van der Waals surface area (Å²) in [6, 6.07) is 0. The van der Waals surface area contributed by atoms with Crippen LogP contribution in [0.4, 0.5) is 11.9 Å². The van der Waals surface area contributed by atoms with Gasteiger partial charge in [0.15, 0.2) is 0 Å². The van der Waals surface area contributed by atoms with Crippen LogP contribution in [0.15, 0.2) is 18.7 Å². The molecule has 0 atom stereocenters. The molecule has 9 heteroatoms. The van der Waals surface area contributed by atoms with E-state index in [0.29, 0.717) is 11.9 Å². The maximum Gasteiger partial charge on any atom is 0.241 e. The van der Waals surface area contributed by atoms with Crippen LogP contribution in [0.25, 0.3) is 5.95 Å². The number of rotatable bonds is 5. The van der Waals surface area contributed by atoms with E-state index in [1.54, 1.807) is 23.3 Å². The Kier molecular flexibility index (Phi) is 4.51. The van der Waals surface area contributed by atoms with Crippen molar-refractivity contribution in [3.63, 3.8) is 0 Å². The number of nitrogens with zero attached hydrogens (tertiary/aromatic N) is 6. The van der Waals surface area contributed by atoms with Crippen molar-refractivity contribution in [2.75, 3.05) is 48.7 Å². The Bertz CT molecular complexity index is 567. The smallest absolute Gasteiger partial charge is 0.241 e. The maximum atomic E-state index is 5.73. The predicted molar refractivity (Wildman–Crippen MR) is 83.6 cm³/mol. The number of hydrogen-bond donors (Lipinski definition) is 2. The van der Waals surface area contributed by atoms with Gasteiger partial charge in [-0.3, -0.25) is 9.47 Å². The second-order valence-corrected chi connectivity index (χ2v) is 5.89. The molecule has 0 aromatic carbocycles. The Morgan fingerprint density at radius 2 is 2.10 bits per heavy atom. The molecule has 1 fully saturated rings. The van der Waals surface area contributed by atoms with E-state index in [-0.39, 0.29) is 5.95 Å². The van der Waals surface area contributed by atoms with Gasteiger partial charge in [-0.1, -0.05) is 0 Å².